The summed E-state index contributed by atoms with van der Waals surface area (Å²) in [5.74, 6) is -2.60. The first-order valence-corrected chi connectivity index (χ1v) is 15.4. The summed E-state index contributed by atoms with van der Waals surface area (Å²) in [6.07, 6.45) is 3.78. The molecule has 1 aliphatic carbocycles. The lowest BCUT2D eigenvalue weighted by molar-refractivity contribution is -0.192. The van der Waals surface area contributed by atoms with Gasteiger partial charge in [-0.15, -0.1) is 0 Å². The fourth-order valence-electron chi connectivity index (χ4n) is 5.64. The molecule has 4 heterocycles. The van der Waals surface area contributed by atoms with Crippen molar-refractivity contribution in [3.05, 3.63) is 66.0 Å². The number of nitrogens with zero attached hydrogens (tertiary/aromatic N) is 9. The number of benzene rings is 1. The lowest BCUT2D eigenvalue weighted by Crippen LogP contribution is -2.43. The molecule has 6 rings (SSSR count). The highest BCUT2D eigenvalue weighted by molar-refractivity contribution is 5.96. The van der Waals surface area contributed by atoms with Crippen molar-refractivity contribution in [1.82, 2.24) is 39.3 Å². The van der Waals surface area contributed by atoms with Gasteiger partial charge < -0.3 is 14.6 Å². The summed E-state index contributed by atoms with van der Waals surface area (Å²) in [6.45, 7) is 5.29. The number of nitrogens with one attached hydrogen (secondary N) is 1. The van der Waals surface area contributed by atoms with E-state index in [0.29, 0.717) is 22.5 Å². The van der Waals surface area contributed by atoms with Crippen LogP contribution in [0, 0.1) is 11.3 Å². The molecule has 16 heteroatoms. The van der Waals surface area contributed by atoms with Crippen molar-refractivity contribution >= 4 is 28.9 Å². The maximum Gasteiger partial charge on any atom is 0.490 e. The minimum Gasteiger partial charge on any atom is -0.475 e. The number of imidazole rings is 1. The summed E-state index contributed by atoms with van der Waals surface area (Å²) < 4.78 is 33.5. The number of fused-ring (bicyclic) bond motifs is 1. The van der Waals surface area contributed by atoms with Crippen LogP contribution in [0.4, 0.5) is 19.0 Å². The molecule has 2 fully saturated rings. The third-order valence-electron chi connectivity index (χ3n) is 8.31. The molecule has 2 N–H and O–H groups in total. The molecule has 0 radical (unpaired) electrons. The van der Waals surface area contributed by atoms with E-state index in [-0.39, 0.29) is 17.8 Å². The molecule has 3 aromatic heterocycles. The number of alkyl halides is 3. The number of rotatable bonds is 7. The molecule has 13 nitrogen and oxygen atoms in total. The summed E-state index contributed by atoms with van der Waals surface area (Å²) in [4.78, 5) is 45.2. The smallest absolute Gasteiger partial charge is 0.475 e. The number of hydrogen-bond donors (Lipinski definition) is 2. The van der Waals surface area contributed by atoms with Gasteiger partial charge in [-0.25, -0.2) is 14.8 Å². The first kappa shape index (κ1) is 34.2. The van der Waals surface area contributed by atoms with E-state index in [0.717, 1.165) is 69.5 Å². The van der Waals surface area contributed by atoms with E-state index in [2.05, 4.69) is 66.5 Å². The zero-order chi connectivity index (χ0) is 34.4. The Labute approximate surface area is 274 Å². The average Bonchev–Trinajstić information content (AvgIpc) is 3.75. The standard InChI is InChI=1S/C30H34N10O.C2HF3O2/c1-37-11-13-39(14-12-37)19-21-7-9-22(10-8-21)23-15-24(18-32-17-23)30(41)40(25-5-3-4-6-25)36-28-27-29(38(2)20-33-27)35-26(16-31)34-28;3-2(4,5)1(6)7/h7-10,15,17-18,20,25H,3-6,11-14,19H2,1-2H3,(H,34,35,36);(H,6,7). The quantitative estimate of drug-likeness (QED) is 0.275. The van der Waals surface area contributed by atoms with Gasteiger partial charge in [0.15, 0.2) is 17.0 Å². The Bertz CT molecular complexity index is 1790. The number of aryl methyl sites for hydroxylation is 1. The monoisotopic (exact) mass is 664 g/mol. The third kappa shape index (κ3) is 8.22. The van der Waals surface area contributed by atoms with Gasteiger partial charge in [0.05, 0.1) is 17.9 Å². The fourth-order valence-corrected chi connectivity index (χ4v) is 5.64. The molecular formula is C32H35F3N10O3. The van der Waals surface area contributed by atoms with Crippen LogP contribution in [0.5, 0.6) is 0 Å². The van der Waals surface area contributed by atoms with E-state index in [9.17, 15) is 23.2 Å². The Morgan fingerprint density at radius 2 is 1.71 bits per heavy atom. The van der Waals surface area contributed by atoms with Crippen molar-refractivity contribution < 1.29 is 27.9 Å². The zero-order valence-electron chi connectivity index (χ0n) is 26.5. The average molecular weight is 665 g/mol. The minimum absolute atomic E-state index is 0.0146. The summed E-state index contributed by atoms with van der Waals surface area (Å²) in [5.41, 5.74) is 7.91. The van der Waals surface area contributed by atoms with Crippen molar-refractivity contribution in [2.45, 2.75) is 44.4 Å². The Morgan fingerprint density at radius 1 is 1.04 bits per heavy atom. The molecule has 1 saturated heterocycles. The number of aliphatic carboxylic acids is 1. The van der Waals surface area contributed by atoms with Crippen LogP contribution < -0.4 is 5.43 Å². The predicted octanol–water partition coefficient (Wildman–Crippen LogP) is 4.09. The molecular weight excluding hydrogens is 629 g/mol. The summed E-state index contributed by atoms with van der Waals surface area (Å²) in [7, 11) is 3.98. The number of carboxylic acid groups (broad SMARTS) is 1. The maximum absolute atomic E-state index is 14.0. The lowest BCUT2D eigenvalue weighted by Gasteiger charge is -2.32. The van der Waals surface area contributed by atoms with Gasteiger partial charge in [0.1, 0.15) is 6.07 Å². The molecule has 252 valence electrons. The van der Waals surface area contributed by atoms with Gasteiger partial charge in [-0.1, -0.05) is 37.1 Å². The number of likely N-dealkylation sites (N-methyl/N-ethyl adjacent to an activating group) is 1. The van der Waals surface area contributed by atoms with Gasteiger partial charge in [-0.3, -0.25) is 20.1 Å². The Kier molecular flexibility index (Phi) is 10.5. The summed E-state index contributed by atoms with van der Waals surface area (Å²) in [6, 6.07) is 12.4. The molecule has 0 bridgehead atoms. The van der Waals surface area contributed by atoms with Crippen LogP contribution in [-0.2, 0) is 18.4 Å². The van der Waals surface area contributed by atoms with Crippen LogP contribution in [0.25, 0.3) is 22.3 Å². The molecule has 1 saturated carbocycles. The number of nitriles is 1. The van der Waals surface area contributed by atoms with Gasteiger partial charge in [-0.05, 0) is 37.1 Å². The third-order valence-corrected chi connectivity index (χ3v) is 8.31. The highest BCUT2D eigenvalue weighted by Crippen LogP contribution is 2.28. The normalized spacial score (nSPS) is 15.8. The van der Waals surface area contributed by atoms with Crippen molar-refractivity contribution in [2.75, 3.05) is 38.7 Å². The second kappa shape index (κ2) is 14.7. The highest BCUT2D eigenvalue weighted by atomic mass is 19.4. The van der Waals surface area contributed by atoms with E-state index in [1.54, 1.807) is 28.3 Å². The lowest BCUT2D eigenvalue weighted by atomic mass is 10.0. The highest BCUT2D eigenvalue weighted by Gasteiger charge is 2.38. The molecule has 0 spiro atoms. The molecule has 2 aliphatic rings. The van der Waals surface area contributed by atoms with Crippen LogP contribution in [0.2, 0.25) is 0 Å². The number of carbonyl (C=O) groups is 2. The van der Waals surface area contributed by atoms with Crippen LogP contribution >= 0.6 is 0 Å². The van der Waals surface area contributed by atoms with Crippen LogP contribution in [0.3, 0.4) is 0 Å². The number of aromatic nitrogens is 5. The van der Waals surface area contributed by atoms with Crippen LogP contribution in [0.15, 0.2) is 49.1 Å². The predicted molar refractivity (Wildman–Crippen MR) is 169 cm³/mol. The molecule has 0 unspecified atom stereocenters. The van der Waals surface area contributed by atoms with Crippen LogP contribution in [-0.4, -0.2) is 102 Å². The Morgan fingerprint density at radius 3 is 2.33 bits per heavy atom. The SMILES string of the molecule is CN1CCN(Cc2ccc(-c3cncc(C(=O)N(Nc4nc(C#N)nc5c4ncn5C)C4CCCC4)c3)cc2)CC1.O=C(O)C(F)(F)F. The van der Waals surface area contributed by atoms with E-state index >= 15 is 0 Å². The second-order valence-corrected chi connectivity index (χ2v) is 11.8. The number of hydrazine groups is 1. The van der Waals surface area contributed by atoms with Crippen molar-refractivity contribution in [3.8, 4) is 17.2 Å². The van der Waals surface area contributed by atoms with E-state index in [1.807, 2.05) is 19.2 Å². The summed E-state index contributed by atoms with van der Waals surface area (Å²) >= 11 is 0. The van der Waals surface area contributed by atoms with Crippen molar-refractivity contribution in [2.24, 2.45) is 7.05 Å². The van der Waals surface area contributed by atoms with Gasteiger partial charge >= 0.3 is 12.1 Å². The minimum atomic E-state index is -5.08. The van der Waals surface area contributed by atoms with Crippen molar-refractivity contribution in [1.29, 1.82) is 5.26 Å². The number of amides is 1. The van der Waals surface area contributed by atoms with Gasteiger partial charge in [0.2, 0.25) is 5.82 Å². The molecule has 48 heavy (non-hydrogen) atoms. The number of carboxylic acids is 1. The first-order valence-electron chi connectivity index (χ1n) is 15.4. The number of halogens is 3. The fraction of sp³-hybridized carbons (Fsp3) is 0.406. The van der Waals surface area contributed by atoms with E-state index in [4.69, 9.17) is 9.90 Å². The number of anilines is 1. The van der Waals surface area contributed by atoms with Gasteiger partial charge in [-0.2, -0.15) is 28.4 Å². The zero-order valence-corrected chi connectivity index (χ0v) is 26.5. The topological polar surface area (TPSA) is 156 Å². The molecule has 1 aliphatic heterocycles. The van der Waals surface area contributed by atoms with E-state index in [1.165, 1.54) is 5.56 Å². The maximum atomic E-state index is 14.0. The van der Waals surface area contributed by atoms with Gasteiger partial charge in [0, 0.05) is 57.7 Å². The number of carbonyl (C=O) groups excluding carboxylic acids is 1. The second-order valence-electron chi connectivity index (χ2n) is 11.8. The first-order chi connectivity index (χ1) is 22.9. The number of hydrogen-bond acceptors (Lipinski definition) is 10. The molecule has 4 aromatic rings. The van der Waals surface area contributed by atoms with Crippen molar-refractivity contribution in [3.63, 3.8) is 0 Å². The molecule has 1 amide bonds. The Hall–Kier alpha value is -5.14. The number of piperazine rings is 1. The van der Waals surface area contributed by atoms with Gasteiger partial charge in [0.25, 0.3) is 5.91 Å². The summed E-state index contributed by atoms with van der Waals surface area (Å²) in [5, 5.41) is 18.3. The molecule has 1 aromatic carbocycles. The van der Waals surface area contributed by atoms with Crippen LogP contribution in [0.1, 0.15) is 47.4 Å². The molecule has 0 atom stereocenters. The Balaban J connectivity index is 0.000000582. The van der Waals surface area contributed by atoms with E-state index < -0.39 is 12.1 Å². The number of pyridine rings is 1. The largest absolute Gasteiger partial charge is 0.490 e.